The number of amides is 1. The lowest BCUT2D eigenvalue weighted by molar-refractivity contribution is -0.120. The number of rotatable bonds is 6. The van der Waals surface area contributed by atoms with Crippen molar-refractivity contribution in [2.45, 2.75) is 6.54 Å². The fraction of sp³-hybridized carbons (Fsp3) is 0.0952. The number of aromatic nitrogens is 2. The molecule has 0 saturated heterocycles. The van der Waals surface area contributed by atoms with Crippen LogP contribution in [0.25, 0.3) is 10.2 Å². The van der Waals surface area contributed by atoms with Gasteiger partial charge in [-0.2, -0.15) is 0 Å². The summed E-state index contributed by atoms with van der Waals surface area (Å²) in [6, 6.07) is 15.1. The molecule has 146 valence electrons. The van der Waals surface area contributed by atoms with Gasteiger partial charge in [0.25, 0.3) is 5.91 Å². The second kappa shape index (κ2) is 8.32. The second-order valence-electron chi connectivity index (χ2n) is 6.15. The van der Waals surface area contributed by atoms with E-state index in [1.165, 1.54) is 52.6 Å². The summed E-state index contributed by atoms with van der Waals surface area (Å²) >= 11 is 1.21. The predicted octanol–water partition coefficient (Wildman–Crippen LogP) is 4.58. The van der Waals surface area contributed by atoms with Gasteiger partial charge >= 0.3 is 0 Å². The molecule has 2 aromatic carbocycles. The van der Waals surface area contributed by atoms with Gasteiger partial charge in [0.1, 0.15) is 17.4 Å². The molecule has 2 aromatic heterocycles. The second-order valence-corrected chi connectivity index (χ2v) is 7.16. The monoisotopic (exact) mass is 411 g/mol. The zero-order chi connectivity index (χ0) is 20.2. The predicted molar refractivity (Wildman–Crippen MR) is 107 cm³/mol. The molecular weight excluding hydrogens is 396 g/mol. The molecule has 0 fully saturated rings. The van der Waals surface area contributed by atoms with E-state index in [-0.39, 0.29) is 30.7 Å². The molecule has 5 nitrogen and oxygen atoms in total. The van der Waals surface area contributed by atoms with Crippen molar-refractivity contribution in [2.75, 3.05) is 11.5 Å². The van der Waals surface area contributed by atoms with Crippen LogP contribution in [-0.4, -0.2) is 22.5 Å². The summed E-state index contributed by atoms with van der Waals surface area (Å²) in [6.45, 7) is -0.0719. The van der Waals surface area contributed by atoms with Crippen LogP contribution in [0.3, 0.4) is 0 Å². The lowest BCUT2D eigenvalue weighted by atomic mass is 10.3. The fourth-order valence-corrected chi connectivity index (χ4v) is 3.68. The number of nitrogens with zero attached hydrogens (tertiary/aromatic N) is 3. The van der Waals surface area contributed by atoms with E-state index < -0.39 is 0 Å². The van der Waals surface area contributed by atoms with Crippen molar-refractivity contribution < 1.29 is 18.3 Å². The van der Waals surface area contributed by atoms with Gasteiger partial charge in [0.15, 0.2) is 11.7 Å². The Morgan fingerprint density at radius 3 is 2.59 bits per heavy atom. The highest BCUT2D eigenvalue weighted by molar-refractivity contribution is 7.22. The van der Waals surface area contributed by atoms with E-state index in [0.29, 0.717) is 26.8 Å². The van der Waals surface area contributed by atoms with Crippen molar-refractivity contribution >= 4 is 32.6 Å². The third-order valence-corrected chi connectivity index (χ3v) is 5.13. The SMILES string of the molecule is O=C(COc1ccc(F)cc1)N(Cc1ccccn1)c1nc2ccc(F)cc2s1. The molecule has 0 unspecified atom stereocenters. The largest absolute Gasteiger partial charge is 0.484 e. The van der Waals surface area contributed by atoms with Crippen LogP contribution in [0, 0.1) is 11.6 Å². The van der Waals surface area contributed by atoms with Gasteiger partial charge in [0.05, 0.1) is 22.5 Å². The molecule has 1 amide bonds. The van der Waals surface area contributed by atoms with Crippen LogP contribution in [0.1, 0.15) is 5.69 Å². The molecule has 0 aliphatic rings. The standard InChI is InChI=1S/C21H15F2N3O2S/c22-14-4-7-17(8-5-14)28-13-20(27)26(12-16-3-1-2-10-24-16)21-25-18-9-6-15(23)11-19(18)29-21/h1-11H,12-13H2. The summed E-state index contributed by atoms with van der Waals surface area (Å²) < 4.78 is 32.7. The summed E-state index contributed by atoms with van der Waals surface area (Å²) in [5.41, 5.74) is 1.28. The van der Waals surface area contributed by atoms with Gasteiger partial charge in [0.2, 0.25) is 0 Å². The van der Waals surface area contributed by atoms with Crippen LogP contribution in [0.15, 0.2) is 66.9 Å². The van der Waals surface area contributed by atoms with Gasteiger partial charge in [-0.25, -0.2) is 13.8 Å². The first kappa shape index (κ1) is 18.9. The topological polar surface area (TPSA) is 55.3 Å². The number of benzene rings is 2. The molecule has 4 aromatic rings. The number of carbonyl (C=O) groups is 1. The number of ether oxygens (including phenoxy) is 1. The van der Waals surface area contributed by atoms with Crippen LogP contribution in [-0.2, 0) is 11.3 Å². The van der Waals surface area contributed by atoms with E-state index in [1.54, 1.807) is 24.4 Å². The molecule has 0 atom stereocenters. The molecular formula is C21H15F2N3O2S. The summed E-state index contributed by atoms with van der Waals surface area (Å²) in [5, 5.41) is 0.420. The van der Waals surface area contributed by atoms with Gasteiger partial charge < -0.3 is 4.74 Å². The Labute approximate surface area is 169 Å². The summed E-state index contributed by atoms with van der Waals surface area (Å²) in [6.07, 6.45) is 1.64. The number of halogens is 2. The molecule has 0 saturated carbocycles. The lowest BCUT2D eigenvalue weighted by Gasteiger charge is -2.19. The van der Waals surface area contributed by atoms with E-state index in [9.17, 15) is 13.6 Å². The number of carbonyl (C=O) groups excluding carboxylic acids is 1. The lowest BCUT2D eigenvalue weighted by Crippen LogP contribution is -2.34. The molecule has 29 heavy (non-hydrogen) atoms. The van der Waals surface area contributed by atoms with Crippen molar-refractivity contribution in [1.82, 2.24) is 9.97 Å². The molecule has 2 heterocycles. The highest BCUT2D eigenvalue weighted by atomic mass is 32.1. The Hall–Kier alpha value is -3.39. The number of anilines is 1. The van der Waals surface area contributed by atoms with Gasteiger partial charge in [-0.05, 0) is 54.6 Å². The van der Waals surface area contributed by atoms with Gasteiger partial charge in [0, 0.05) is 6.20 Å². The van der Waals surface area contributed by atoms with Crippen LogP contribution < -0.4 is 9.64 Å². The molecule has 0 radical (unpaired) electrons. The van der Waals surface area contributed by atoms with Gasteiger partial charge in [-0.15, -0.1) is 0 Å². The van der Waals surface area contributed by atoms with Crippen molar-refractivity contribution in [3.63, 3.8) is 0 Å². The van der Waals surface area contributed by atoms with E-state index in [1.807, 2.05) is 6.07 Å². The minimum atomic E-state index is -0.387. The van der Waals surface area contributed by atoms with Crippen LogP contribution in [0.4, 0.5) is 13.9 Å². The van der Waals surface area contributed by atoms with E-state index in [0.717, 1.165) is 0 Å². The van der Waals surface area contributed by atoms with Crippen molar-refractivity contribution in [3.8, 4) is 5.75 Å². The zero-order valence-corrected chi connectivity index (χ0v) is 15.9. The minimum absolute atomic E-state index is 0.189. The Bertz CT molecular complexity index is 1130. The third-order valence-electron chi connectivity index (χ3n) is 4.09. The Balaban J connectivity index is 1.59. The molecule has 0 aliphatic heterocycles. The summed E-state index contributed by atoms with van der Waals surface area (Å²) in [7, 11) is 0. The highest BCUT2D eigenvalue weighted by Crippen LogP contribution is 2.30. The summed E-state index contributed by atoms with van der Waals surface area (Å²) in [4.78, 5) is 23.1. The van der Waals surface area contributed by atoms with Crippen LogP contribution in [0.2, 0.25) is 0 Å². The number of hydrogen-bond donors (Lipinski definition) is 0. The highest BCUT2D eigenvalue weighted by Gasteiger charge is 2.21. The maximum absolute atomic E-state index is 13.5. The van der Waals surface area contributed by atoms with Crippen LogP contribution >= 0.6 is 11.3 Å². The van der Waals surface area contributed by atoms with E-state index >= 15 is 0 Å². The minimum Gasteiger partial charge on any atom is -0.484 e. The number of fused-ring (bicyclic) bond motifs is 1. The van der Waals surface area contributed by atoms with E-state index in [2.05, 4.69) is 9.97 Å². The molecule has 0 N–H and O–H groups in total. The first-order valence-electron chi connectivity index (χ1n) is 8.73. The van der Waals surface area contributed by atoms with E-state index in [4.69, 9.17) is 4.74 Å². The number of hydrogen-bond acceptors (Lipinski definition) is 5. The van der Waals surface area contributed by atoms with Crippen LogP contribution in [0.5, 0.6) is 5.75 Å². The van der Waals surface area contributed by atoms with Gasteiger partial charge in [-0.3, -0.25) is 14.7 Å². The first-order valence-corrected chi connectivity index (χ1v) is 9.55. The zero-order valence-electron chi connectivity index (χ0n) is 15.1. The van der Waals surface area contributed by atoms with Gasteiger partial charge in [-0.1, -0.05) is 17.4 Å². The number of thiazole rings is 1. The fourth-order valence-electron chi connectivity index (χ4n) is 2.67. The average molecular weight is 411 g/mol. The van der Waals surface area contributed by atoms with Crippen molar-refractivity contribution in [1.29, 1.82) is 0 Å². The first-order chi connectivity index (χ1) is 14.1. The summed E-state index contributed by atoms with van der Waals surface area (Å²) in [5.74, 6) is -0.722. The maximum atomic E-state index is 13.5. The Morgan fingerprint density at radius 1 is 1.03 bits per heavy atom. The molecule has 8 heteroatoms. The Morgan fingerprint density at radius 2 is 1.83 bits per heavy atom. The quantitative estimate of drug-likeness (QED) is 0.466. The molecule has 0 spiro atoms. The molecule has 0 aliphatic carbocycles. The smallest absolute Gasteiger partial charge is 0.267 e. The normalized spacial score (nSPS) is 10.8. The average Bonchev–Trinajstić information content (AvgIpc) is 3.15. The maximum Gasteiger partial charge on any atom is 0.267 e. The van der Waals surface area contributed by atoms with Crippen molar-refractivity contribution in [2.24, 2.45) is 0 Å². The number of pyridine rings is 1. The Kier molecular flexibility index (Phi) is 5.44. The molecule has 0 bridgehead atoms. The molecule has 4 rings (SSSR count). The van der Waals surface area contributed by atoms with Crippen molar-refractivity contribution in [3.05, 3.63) is 84.2 Å². The third kappa shape index (κ3) is 4.55.